The van der Waals surface area contributed by atoms with Crippen molar-refractivity contribution in [3.63, 3.8) is 0 Å². The van der Waals surface area contributed by atoms with Gasteiger partial charge in [0.1, 0.15) is 0 Å². The smallest absolute Gasteiger partial charge is 0.236 e. The standard InChI is InChI=1S/C17H19N5OS3/c1-3-8-18-15-21-22-17(26-15)25-10-14(23)20-16-19-13(9-24-16)12-6-4-11(2)5-7-12/h4-7,9H,3,8,10H2,1-2H3,(H,18,21)(H,19,20,23). The second-order valence-electron chi connectivity index (χ2n) is 5.54. The third kappa shape index (κ3) is 5.26. The molecule has 136 valence electrons. The molecule has 0 saturated carbocycles. The highest BCUT2D eigenvalue weighted by Crippen LogP contribution is 2.27. The van der Waals surface area contributed by atoms with Gasteiger partial charge in [0.05, 0.1) is 11.4 Å². The SMILES string of the molecule is CCCNc1nnc(SCC(=O)Nc2nc(-c3ccc(C)cc3)cs2)s1. The number of rotatable bonds is 8. The highest BCUT2D eigenvalue weighted by Gasteiger charge is 2.11. The minimum Gasteiger partial charge on any atom is -0.360 e. The maximum atomic E-state index is 12.1. The van der Waals surface area contributed by atoms with Crippen molar-refractivity contribution >= 4 is 50.6 Å². The molecule has 0 aliphatic heterocycles. The predicted molar refractivity (Wildman–Crippen MR) is 110 cm³/mol. The molecule has 0 unspecified atom stereocenters. The summed E-state index contributed by atoms with van der Waals surface area (Å²) in [5, 5.41) is 17.5. The first kappa shape index (κ1) is 18.8. The number of nitrogens with zero attached hydrogens (tertiary/aromatic N) is 3. The zero-order valence-corrected chi connectivity index (χ0v) is 16.9. The zero-order chi connectivity index (χ0) is 18.4. The second kappa shape index (κ2) is 9.11. The summed E-state index contributed by atoms with van der Waals surface area (Å²) in [5.74, 6) is 0.181. The van der Waals surface area contributed by atoms with Crippen LogP contribution < -0.4 is 10.6 Å². The summed E-state index contributed by atoms with van der Waals surface area (Å²) in [6.45, 7) is 5.01. The highest BCUT2D eigenvalue weighted by molar-refractivity contribution is 8.01. The Balaban J connectivity index is 1.50. The fourth-order valence-corrected chi connectivity index (χ4v) is 4.36. The molecule has 2 heterocycles. The third-order valence-corrected chi connectivity index (χ3v) is 6.13. The monoisotopic (exact) mass is 405 g/mol. The Bertz CT molecular complexity index is 859. The minimum absolute atomic E-state index is 0.0990. The lowest BCUT2D eigenvalue weighted by atomic mass is 10.1. The quantitative estimate of drug-likeness (QED) is 0.536. The van der Waals surface area contributed by atoms with E-state index in [0.717, 1.165) is 33.7 Å². The van der Waals surface area contributed by atoms with Crippen LogP contribution in [0.4, 0.5) is 10.3 Å². The van der Waals surface area contributed by atoms with Crippen LogP contribution in [0.1, 0.15) is 18.9 Å². The van der Waals surface area contributed by atoms with Gasteiger partial charge in [0.25, 0.3) is 0 Å². The number of aromatic nitrogens is 3. The molecule has 3 rings (SSSR count). The number of amides is 1. The van der Waals surface area contributed by atoms with Crippen LogP contribution in [0.25, 0.3) is 11.3 Å². The lowest BCUT2D eigenvalue weighted by Gasteiger charge is -2.00. The van der Waals surface area contributed by atoms with Crippen molar-refractivity contribution in [1.82, 2.24) is 15.2 Å². The van der Waals surface area contributed by atoms with Gasteiger partial charge in [-0.2, -0.15) is 0 Å². The van der Waals surface area contributed by atoms with Crippen molar-refractivity contribution in [1.29, 1.82) is 0 Å². The largest absolute Gasteiger partial charge is 0.360 e. The number of anilines is 2. The van der Waals surface area contributed by atoms with Crippen LogP contribution in [0.15, 0.2) is 34.0 Å². The van der Waals surface area contributed by atoms with Gasteiger partial charge in [0.2, 0.25) is 11.0 Å². The van der Waals surface area contributed by atoms with Crippen LogP contribution in [-0.2, 0) is 4.79 Å². The Hall–Kier alpha value is -1.97. The maximum Gasteiger partial charge on any atom is 0.236 e. The Kier molecular flexibility index (Phi) is 6.59. The van der Waals surface area contributed by atoms with Crippen LogP contribution in [0.5, 0.6) is 0 Å². The van der Waals surface area contributed by atoms with Gasteiger partial charge in [-0.15, -0.1) is 21.5 Å². The molecule has 0 radical (unpaired) electrons. The summed E-state index contributed by atoms with van der Waals surface area (Å²) in [5.41, 5.74) is 3.12. The number of thioether (sulfide) groups is 1. The molecule has 26 heavy (non-hydrogen) atoms. The molecule has 2 aromatic heterocycles. The van der Waals surface area contributed by atoms with E-state index in [9.17, 15) is 4.79 Å². The molecular formula is C17H19N5OS3. The number of nitrogens with one attached hydrogen (secondary N) is 2. The molecule has 0 fully saturated rings. The van der Waals surface area contributed by atoms with Crippen LogP contribution >= 0.6 is 34.4 Å². The number of aryl methyl sites for hydroxylation is 1. The second-order valence-corrected chi connectivity index (χ2v) is 8.60. The van der Waals surface area contributed by atoms with Crippen LogP contribution in [0.3, 0.4) is 0 Å². The van der Waals surface area contributed by atoms with E-state index in [0.29, 0.717) is 5.13 Å². The first-order chi connectivity index (χ1) is 12.6. The number of hydrogen-bond donors (Lipinski definition) is 2. The van der Waals surface area contributed by atoms with E-state index in [4.69, 9.17) is 0 Å². The van der Waals surface area contributed by atoms with Gasteiger partial charge in [0, 0.05) is 17.5 Å². The number of thiazole rings is 1. The Morgan fingerprint density at radius 3 is 2.77 bits per heavy atom. The van der Waals surface area contributed by atoms with Crippen molar-refractivity contribution in [2.45, 2.75) is 24.6 Å². The summed E-state index contributed by atoms with van der Waals surface area (Å²) < 4.78 is 0.776. The molecule has 6 nitrogen and oxygen atoms in total. The van der Waals surface area contributed by atoms with Crippen molar-refractivity contribution in [2.75, 3.05) is 22.9 Å². The number of carbonyl (C=O) groups is 1. The van der Waals surface area contributed by atoms with E-state index in [1.807, 2.05) is 17.5 Å². The molecular weight excluding hydrogens is 386 g/mol. The van der Waals surface area contributed by atoms with Crippen molar-refractivity contribution in [3.8, 4) is 11.3 Å². The lowest BCUT2D eigenvalue weighted by Crippen LogP contribution is -2.13. The molecule has 0 atom stereocenters. The summed E-state index contributed by atoms with van der Waals surface area (Å²) in [4.78, 5) is 16.6. The van der Waals surface area contributed by atoms with Crippen LogP contribution in [-0.4, -0.2) is 33.4 Å². The van der Waals surface area contributed by atoms with E-state index in [2.05, 4.69) is 51.8 Å². The van der Waals surface area contributed by atoms with Gasteiger partial charge in [-0.25, -0.2) is 4.98 Å². The topological polar surface area (TPSA) is 79.8 Å². The Morgan fingerprint density at radius 1 is 1.19 bits per heavy atom. The molecule has 2 N–H and O–H groups in total. The first-order valence-corrected chi connectivity index (χ1v) is 10.8. The summed E-state index contributed by atoms with van der Waals surface area (Å²) >= 11 is 4.26. The van der Waals surface area contributed by atoms with Crippen molar-refractivity contribution in [3.05, 3.63) is 35.2 Å². The lowest BCUT2D eigenvalue weighted by molar-refractivity contribution is -0.113. The molecule has 1 aromatic carbocycles. The fourth-order valence-electron chi connectivity index (χ4n) is 2.04. The van der Waals surface area contributed by atoms with Gasteiger partial charge in [0.15, 0.2) is 9.47 Å². The molecule has 0 saturated heterocycles. The molecule has 0 spiro atoms. The average molecular weight is 406 g/mol. The normalized spacial score (nSPS) is 10.7. The highest BCUT2D eigenvalue weighted by atomic mass is 32.2. The van der Waals surface area contributed by atoms with Crippen molar-refractivity contribution in [2.24, 2.45) is 0 Å². The van der Waals surface area contributed by atoms with Gasteiger partial charge in [-0.05, 0) is 13.3 Å². The van der Waals surface area contributed by atoms with Gasteiger partial charge in [-0.1, -0.05) is 59.9 Å². The molecule has 3 aromatic rings. The molecule has 0 aliphatic rings. The van der Waals surface area contributed by atoms with E-state index in [1.54, 1.807) is 0 Å². The van der Waals surface area contributed by atoms with Crippen LogP contribution in [0, 0.1) is 6.92 Å². The average Bonchev–Trinajstić information content (AvgIpc) is 3.28. The number of hydrogen-bond acceptors (Lipinski definition) is 8. The number of carbonyl (C=O) groups excluding carboxylic acids is 1. The molecule has 1 amide bonds. The van der Waals surface area contributed by atoms with E-state index < -0.39 is 0 Å². The van der Waals surface area contributed by atoms with Gasteiger partial charge >= 0.3 is 0 Å². The zero-order valence-electron chi connectivity index (χ0n) is 14.5. The first-order valence-electron chi connectivity index (χ1n) is 8.16. The van der Waals surface area contributed by atoms with Gasteiger partial charge < -0.3 is 10.6 Å². The molecule has 9 heteroatoms. The summed E-state index contributed by atoms with van der Waals surface area (Å²) in [7, 11) is 0. The minimum atomic E-state index is -0.0990. The van der Waals surface area contributed by atoms with Gasteiger partial charge in [-0.3, -0.25) is 4.79 Å². The Morgan fingerprint density at radius 2 is 2.00 bits per heavy atom. The van der Waals surface area contributed by atoms with Crippen molar-refractivity contribution < 1.29 is 4.79 Å². The molecule has 0 aliphatic carbocycles. The Labute approximate surface area is 164 Å². The van der Waals surface area contributed by atoms with E-state index in [-0.39, 0.29) is 11.7 Å². The van der Waals surface area contributed by atoms with E-state index in [1.165, 1.54) is 40.0 Å². The predicted octanol–water partition coefficient (Wildman–Crippen LogP) is 4.52. The van der Waals surface area contributed by atoms with Crippen LogP contribution in [0.2, 0.25) is 0 Å². The summed E-state index contributed by atoms with van der Waals surface area (Å²) in [6.07, 6.45) is 1.03. The maximum absolute atomic E-state index is 12.1. The third-order valence-electron chi connectivity index (χ3n) is 3.36. The van der Waals surface area contributed by atoms with E-state index >= 15 is 0 Å². The number of benzene rings is 1. The molecule has 0 bridgehead atoms. The fraction of sp³-hybridized carbons (Fsp3) is 0.294. The summed E-state index contributed by atoms with van der Waals surface area (Å²) in [6, 6.07) is 8.17.